The average molecular weight is 338 g/mol. The van der Waals surface area contributed by atoms with Crippen molar-refractivity contribution in [2.75, 3.05) is 19.6 Å². The van der Waals surface area contributed by atoms with Crippen molar-refractivity contribution in [3.8, 4) is 0 Å². The summed E-state index contributed by atoms with van der Waals surface area (Å²) < 4.78 is 1.98. The van der Waals surface area contributed by atoms with Gasteiger partial charge < -0.3 is 9.80 Å². The predicted molar refractivity (Wildman–Crippen MR) is 93.0 cm³/mol. The number of aromatic nitrogens is 2. The van der Waals surface area contributed by atoms with Crippen LogP contribution in [-0.2, 0) is 11.3 Å². The van der Waals surface area contributed by atoms with Gasteiger partial charge in [0.2, 0.25) is 5.91 Å². The molecule has 0 aliphatic carbocycles. The van der Waals surface area contributed by atoms with Crippen molar-refractivity contribution in [1.29, 1.82) is 0 Å². The highest BCUT2D eigenvalue weighted by Crippen LogP contribution is 2.24. The first kappa shape index (κ1) is 15.9. The molecule has 4 rings (SSSR count). The van der Waals surface area contributed by atoms with Gasteiger partial charge in [-0.2, -0.15) is 5.10 Å². The molecule has 1 atom stereocenters. The molecule has 3 heterocycles. The number of hydrogen-bond donors (Lipinski definition) is 0. The highest BCUT2D eigenvalue weighted by atomic mass is 16.2. The number of hydrogen-bond acceptors (Lipinski definition) is 3. The zero-order valence-electron chi connectivity index (χ0n) is 14.4. The fraction of sp³-hybridized carbons (Fsp3) is 0.421. The van der Waals surface area contributed by atoms with E-state index in [-0.39, 0.29) is 17.9 Å². The summed E-state index contributed by atoms with van der Waals surface area (Å²) in [5, 5.41) is 4.43. The summed E-state index contributed by atoms with van der Waals surface area (Å²) in [6, 6.07) is 9.65. The van der Waals surface area contributed by atoms with E-state index in [2.05, 4.69) is 5.10 Å². The molecule has 1 fully saturated rings. The van der Waals surface area contributed by atoms with Gasteiger partial charge in [-0.05, 0) is 31.5 Å². The Hall–Kier alpha value is -2.63. The molecule has 2 amide bonds. The largest absolute Gasteiger partial charge is 0.340 e. The zero-order valence-corrected chi connectivity index (χ0v) is 14.4. The van der Waals surface area contributed by atoms with E-state index in [0.29, 0.717) is 31.6 Å². The maximum atomic E-state index is 12.9. The molecule has 0 radical (unpaired) electrons. The van der Waals surface area contributed by atoms with Crippen LogP contribution in [0, 0.1) is 6.92 Å². The smallest absolute Gasteiger partial charge is 0.254 e. The van der Waals surface area contributed by atoms with Crippen LogP contribution in [0.2, 0.25) is 0 Å². The number of amides is 2. The highest BCUT2D eigenvalue weighted by molar-refractivity contribution is 5.94. The number of carbonyl (C=O) groups excluding carboxylic acids is 2. The molecule has 0 N–H and O–H groups in total. The number of rotatable bonds is 3. The van der Waals surface area contributed by atoms with Crippen LogP contribution in [0.25, 0.3) is 0 Å². The molecule has 1 aromatic carbocycles. The molecule has 0 bridgehead atoms. The molecule has 0 saturated carbocycles. The topological polar surface area (TPSA) is 58.4 Å². The summed E-state index contributed by atoms with van der Waals surface area (Å²) >= 11 is 0. The monoisotopic (exact) mass is 338 g/mol. The first-order chi connectivity index (χ1) is 12.1. The molecular weight excluding hydrogens is 316 g/mol. The minimum absolute atomic E-state index is 0.00885. The molecule has 130 valence electrons. The van der Waals surface area contributed by atoms with Crippen LogP contribution >= 0.6 is 0 Å². The van der Waals surface area contributed by atoms with E-state index in [0.717, 1.165) is 24.2 Å². The van der Waals surface area contributed by atoms with Gasteiger partial charge in [0, 0.05) is 37.8 Å². The lowest BCUT2D eigenvalue weighted by Crippen LogP contribution is -2.45. The molecule has 0 spiro atoms. The molecule has 1 unspecified atom stereocenters. The molecule has 6 nitrogen and oxygen atoms in total. The maximum absolute atomic E-state index is 12.9. The Morgan fingerprint density at radius 2 is 2.20 bits per heavy atom. The van der Waals surface area contributed by atoms with Crippen LogP contribution in [-0.4, -0.2) is 51.0 Å². The summed E-state index contributed by atoms with van der Waals surface area (Å²) in [6.45, 7) is 4.54. The van der Waals surface area contributed by atoms with E-state index in [1.807, 2.05) is 51.7 Å². The van der Waals surface area contributed by atoms with Crippen LogP contribution in [0.15, 0.2) is 36.5 Å². The number of fused-ring (bicyclic) bond motifs is 1. The van der Waals surface area contributed by atoms with Crippen molar-refractivity contribution >= 4 is 11.8 Å². The molecule has 2 aromatic rings. The third-order valence-corrected chi connectivity index (χ3v) is 5.04. The predicted octanol–water partition coefficient (Wildman–Crippen LogP) is 2.01. The molecule has 2 aliphatic rings. The second-order valence-electron chi connectivity index (χ2n) is 6.92. The normalized spacial score (nSPS) is 20.0. The second-order valence-corrected chi connectivity index (χ2v) is 6.92. The van der Waals surface area contributed by atoms with Gasteiger partial charge >= 0.3 is 0 Å². The molecule has 1 saturated heterocycles. The van der Waals surface area contributed by atoms with E-state index in [1.54, 1.807) is 6.20 Å². The summed E-state index contributed by atoms with van der Waals surface area (Å²) in [6.07, 6.45) is 3.32. The minimum atomic E-state index is 0.00885. The van der Waals surface area contributed by atoms with Crippen LogP contribution < -0.4 is 0 Å². The number of benzene rings is 1. The lowest BCUT2D eigenvalue weighted by Gasteiger charge is -2.35. The number of nitrogens with zero attached hydrogens (tertiary/aromatic N) is 4. The Kier molecular flexibility index (Phi) is 4.03. The van der Waals surface area contributed by atoms with Gasteiger partial charge in [-0.3, -0.25) is 14.3 Å². The van der Waals surface area contributed by atoms with Crippen molar-refractivity contribution in [2.24, 2.45) is 0 Å². The number of likely N-dealkylation sites (tertiary alicyclic amines) is 1. The third-order valence-electron chi connectivity index (χ3n) is 5.04. The first-order valence-electron chi connectivity index (χ1n) is 8.78. The van der Waals surface area contributed by atoms with Crippen LogP contribution in [0.5, 0.6) is 0 Å². The van der Waals surface area contributed by atoms with E-state index in [1.165, 1.54) is 0 Å². The van der Waals surface area contributed by atoms with Gasteiger partial charge in [0.05, 0.1) is 18.3 Å². The van der Waals surface area contributed by atoms with Gasteiger partial charge in [-0.1, -0.05) is 17.7 Å². The fourth-order valence-corrected chi connectivity index (χ4v) is 3.79. The highest BCUT2D eigenvalue weighted by Gasteiger charge is 2.32. The van der Waals surface area contributed by atoms with E-state index >= 15 is 0 Å². The van der Waals surface area contributed by atoms with Crippen molar-refractivity contribution in [3.63, 3.8) is 0 Å². The fourth-order valence-electron chi connectivity index (χ4n) is 3.79. The van der Waals surface area contributed by atoms with Crippen molar-refractivity contribution in [3.05, 3.63) is 53.3 Å². The van der Waals surface area contributed by atoms with Gasteiger partial charge in [-0.15, -0.1) is 0 Å². The summed E-state index contributed by atoms with van der Waals surface area (Å²) in [5.74, 6) is 0.240. The summed E-state index contributed by atoms with van der Waals surface area (Å²) in [5.41, 5.74) is 2.81. The molecule has 2 aliphatic heterocycles. The Labute approximate surface area is 147 Å². The quantitative estimate of drug-likeness (QED) is 0.860. The summed E-state index contributed by atoms with van der Waals surface area (Å²) in [7, 11) is 0. The second kappa shape index (κ2) is 6.35. The van der Waals surface area contributed by atoms with Gasteiger partial charge in [-0.25, -0.2) is 0 Å². The van der Waals surface area contributed by atoms with Crippen LogP contribution in [0.3, 0.4) is 0 Å². The van der Waals surface area contributed by atoms with Crippen molar-refractivity contribution < 1.29 is 9.59 Å². The first-order valence-corrected chi connectivity index (χ1v) is 8.78. The van der Waals surface area contributed by atoms with Gasteiger partial charge in [0.15, 0.2) is 0 Å². The molecule has 1 aromatic heterocycles. The standard InChI is InChI=1S/C19H22N4O2/c1-14-4-2-5-15(10-14)19(25)22-11-16-7-8-20-23(16)17(13-22)12-21-9-3-6-18(21)24/h2,4-5,7-8,10,17H,3,6,9,11-13H2,1H3. The summed E-state index contributed by atoms with van der Waals surface area (Å²) in [4.78, 5) is 28.7. The lowest BCUT2D eigenvalue weighted by molar-refractivity contribution is -0.128. The Morgan fingerprint density at radius 1 is 1.32 bits per heavy atom. The average Bonchev–Trinajstić information content (AvgIpc) is 3.23. The van der Waals surface area contributed by atoms with Gasteiger partial charge in [0.1, 0.15) is 0 Å². The van der Waals surface area contributed by atoms with Crippen LogP contribution in [0.1, 0.15) is 40.5 Å². The lowest BCUT2D eigenvalue weighted by atomic mass is 10.1. The number of carbonyl (C=O) groups is 2. The van der Waals surface area contributed by atoms with E-state index in [9.17, 15) is 9.59 Å². The molecule has 6 heteroatoms. The van der Waals surface area contributed by atoms with E-state index < -0.39 is 0 Å². The molecular formula is C19H22N4O2. The van der Waals surface area contributed by atoms with Crippen LogP contribution in [0.4, 0.5) is 0 Å². The van der Waals surface area contributed by atoms with Crippen molar-refractivity contribution in [2.45, 2.75) is 32.4 Å². The Balaban J connectivity index is 1.57. The Bertz CT molecular complexity index is 813. The zero-order chi connectivity index (χ0) is 17.4. The SMILES string of the molecule is Cc1cccc(C(=O)N2Cc3ccnn3C(CN3CCCC3=O)C2)c1. The van der Waals surface area contributed by atoms with E-state index in [4.69, 9.17) is 0 Å². The molecule has 25 heavy (non-hydrogen) atoms. The number of aryl methyl sites for hydroxylation is 1. The van der Waals surface area contributed by atoms with Crippen molar-refractivity contribution in [1.82, 2.24) is 19.6 Å². The third kappa shape index (κ3) is 3.04. The van der Waals surface area contributed by atoms with Gasteiger partial charge in [0.25, 0.3) is 5.91 Å². The minimum Gasteiger partial charge on any atom is -0.340 e. The maximum Gasteiger partial charge on any atom is 0.254 e. The Morgan fingerprint density at radius 3 is 2.96 bits per heavy atom.